The summed E-state index contributed by atoms with van der Waals surface area (Å²) in [4.78, 5) is 17.9. The van der Waals surface area contributed by atoms with Gasteiger partial charge in [0.15, 0.2) is 0 Å². The number of aryl methyl sites for hydroxylation is 2. The van der Waals surface area contributed by atoms with Gasteiger partial charge in [-0.1, -0.05) is 0 Å². The molecule has 0 spiro atoms. The first-order valence-corrected chi connectivity index (χ1v) is 6.64. The Bertz CT molecular complexity index is 565. The van der Waals surface area contributed by atoms with Crippen molar-refractivity contribution in [3.63, 3.8) is 0 Å². The van der Waals surface area contributed by atoms with E-state index >= 15 is 0 Å². The molecule has 2 aromatic heterocycles. The standard InChI is InChI=1S/C14H18N4O/c1-9-13(10(2)17-16-9)14(19)18-8-4-6-12(18)11-5-3-7-15-11/h3,5,7,12,15H,4,6,8H2,1-2H3,(H,16,17). The number of amides is 1. The molecule has 0 saturated carbocycles. The molecule has 1 atom stereocenters. The number of H-pyrrole nitrogens is 2. The molecular weight excluding hydrogens is 240 g/mol. The van der Waals surface area contributed by atoms with Gasteiger partial charge in [-0.3, -0.25) is 9.89 Å². The number of nitrogens with zero attached hydrogens (tertiary/aromatic N) is 2. The van der Waals surface area contributed by atoms with Gasteiger partial charge in [0.2, 0.25) is 0 Å². The van der Waals surface area contributed by atoms with Gasteiger partial charge in [-0.2, -0.15) is 5.10 Å². The van der Waals surface area contributed by atoms with E-state index in [9.17, 15) is 4.79 Å². The van der Waals surface area contributed by atoms with Crippen molar-refractivity contribution < 1.29 is 4.79 Å². The summed E-state index contributed by atoms with van der Waals surface area (Å²) in [7, 11) is 0. The molecule has 0 bridgehead atoms. The fraction of sp³-hybridized carbons (Fsp3) is 0.429. The van der Waals surface area contributed by atoms with E-state index in [1.165, 1.54) is 0 Å². The van der Waals surface area contributed by atoms with Crippen LogP contribution in [0, 0.1) is 13.8 Å². The Labute approximate surface area is 112 Å². The van der Waals surface area contributed by atoms with Crippen molar-refractivity contribution in [2.24, 2.45) is 0 Å². The van der Waals surface area contributed by atoms with Crippen LogP contribution in [-0.2, 0) is 0 Å². The second-order valence-electron chi connectivity index (χ2n) is 5.09. The summed E-state index contributed by atoms with van der Waals surface area (Å²) in [6.45, 7) is 4.58. The number of rotatable bonds is 2. The van der Waals surface area contributed by atoms with Crippen LogP contribution in [-0.4, -0.2) is 32.5 Å². The molecule has 5 nitrogen and oxygen atoms in total. The van der Waals surface area contributed by atoms with Gasteiger partial charge in [-0.15, -0.1) is 0 Å². The average Bonchev–Trinajstić information content (AvgIpc) is 3.08. The first-order valence-electron chi connectivity index (χ1n) is 6.64. The lowest BCUT2D eigenvalue weighted by atomic mass is 10.1. The van der Waals surface area contributed by atoms with Crippen LogP contribution in [0.5, 0.6) is 0 Å². The van der Waals surface area contributed by atoms with Gasteiger partial charge in [-0.05, 0) is 38.8 Å². The smallest absolute Gasteiger partial charge is 0.258 e. The van der Waals surface area contributed by atoms with Gasteiger partial charge < -0.3 is 9.88 Å². The lowest BCUT2D eigenvalue weighted by molar-refractivity contribution is 0.0732. The highest BCUT2D eigenvalue weighted by Gasteiger charge is 2.33. The normalized spacial score (nSPS) is 19.1. The van der Waals surface area contributed by atoms with Crippen LogP contribution in [0.25, 0.3) is 0 Å². The van der Waals surface area contributed by atoms with E-state index in [2.05, 4.69) is 15.2 Å². The van der Waals surface area contributed by atoms with Crippen LogP contribution < -0.4 is 0 Å². The van der Waals surface area contributed by atoms with Crippen molar-refractivity contribution in [2.75, 3.05) is 6.54 Å². The molecule has 1 unspecified atom stereocenters. The summed E-state index contributed by atoms with van der Waals surface area (Å²) < 4.78 is 0. The number of nitrogens with one attached hydrogen (secondary N) is 2. The number of hydrogen-bond acceptors (Lipinski definition) is 2. The van der Waals surface area contributed by atoms with Gasteiger partial charge >= 0.3 is 0 Å². The van der Waals surface area contributed by atoms with Gasteiger partial charge in [0.25, 0.3) is 5.91 Å². The fourth-order valence-corrected chi connectivity index (χ4v) is 2.89. The summed E-state index contributed by atoms with van der Waals surface area (Å²) in [5.74, 6) is 0.0841. The molecule has 0 aliphatic carbocycles. The van der Waals surface area contributed by atoms with Crippen LogP contribution in [0.1, 0.15) is 46.3 Å². The fourth-order valence-electron chi connectivity index (χ4n) is 2.89. The maximum Gasteiger partial charge on any atom is 0.258 e. The highest BCUT2D eigenvalue weighted by atomic mass is 16.2. The van der Waals surface area contributed by atoms with Crippen LogP contribution in [0.3, 0.4) is 0 Å². The molecule has 0 radical (unpaired) electrons. The van der Waals surface area contributed by atoms with Gasteiger partial charge in [0, 0.05) is 24.1 Å². The molecule has 2 aromatic rings. The third-order valence-electron chi connectivity index (χ3n) is 3.84. The molecule has 3 rings (SSSR count). The minimum Gasteiger partial charge on any atom is -0.363 e. The Morgan fingerprint density at radius 3 is 2.95 bits per heavy atom. The minimum absolute atomic E-state index is 0.0841. The van der Waals surface area contributed by atoms with Crippen molar-refractivity contribution in [3.8, 4) is 0 Å². The third kappa shape index (κ3) is 1.95. The molecule has 3 heterocycles. The maximum absolute atomic E-state index is 12.7. The van der Waals surface area contributed by atoms with E-state index < -0.39 is 0 Å². The molecule has 0 aromatic carbocycles. The quantitative estimate of drug-likeness (QED) is 0.868. The van der Waals surface area contributed by atoms with E-state index in [1.54, 1.807) is 0 Å². The molecule has 1 fully saturated rings. The SMILES string of the molecule is Cc1n[nH]c(C)c1C(=O)N1CCCC1c1ccc[nH]1. The van der Waals surface area contributed by atoms with Gasteiger partial charge in [-0.25, -0.2) is 0 Å². The largest absolute Gasteiger partial charge is 0.363 e. The van der Waals surface area contributed by atoms with Crippen LogP contribution in [0.15, 0.2) is 18.3 Å². The Kier molecular flexibility index (Phi) is 2.89. The Balaban J connectivity index is 1.91. The summed E-state index contributed by atoms with van der Waals surface area (Å²) in [5, 5.41) is 7.00. The predicted molar refractivity (Wildman–Crippen MR) is 71.9 cm³/mol. The van der Waals surface area contributed by atoms with Crippen molar-refractivity contribution in [1.82, 2.24) is 20.1 Å². The monoisotopic (exact) mass is 258 g/mol. The second kappa shape index (κ2) is 4.57. The molecule has 1 saturated heterocycles. The van der Waals surface area contributed by atoms with Crippen LogP contribution >= 0.6 is 0 Å². The van der Waals surface area contributed by atoms with Crippen molar-refractivity contribution in [1.29, 1.82) is 0 Å². The van der Waals surface area contributed by atoms with Crippen molar-refractivity contribution >= 4 is 5.91 Å². The maximum atomic E-state index is 12.7. The third-order valence-corrected chi connectivity index (χ3v) is 3.84. The van der Waals surface area contributed by atoms with Crippen molar-refractivity contribution in [2.45, 2.75) is 32.7 Å². The zero-order valence-corrected chi connectivity index (χ0v) is 11.2. The van der Waals surface area contributed by atoms with E-state index in [-0.39, 0.29) is 11.9 Å². The number of carbonyl (C=O) groups is 1. The summed E-state index contributed by atoms with van der Waals surface area (Å²) in [6, 6.07) is 4.19. The molecule has 2 N–H and O–H groups in total. The Morgan fingerprint density at radius 1 is 1.47 bits per heavy atom. The lowest BCUT2D eigenvalue weighted by Crippen LogP contribution is -2.31. The minimum atomic E-state index is 0.0841. The molecule has 19 heavy (non-hydrogen) atoms. The first kappa shape index (κ1) is 12.0. The summed E-state index contributed by atoms with van der Waals surface area (Å²) in [5.41, 5.74) is 3.46. The highest BCUT2D eigenvalue weighted by molar-refractivity contribution is 5.96. The van der Waals surface area contributed by atoms with E-state index in [0.29, 0.717) is 0 Å². The van der Waals surface area contributed by atoms with E-state index in [0.717, 1.165) is 42.0 Å². The molecule has 1 aliphatic heterocycles. The van der Waals surface area contributed by atoms with Gasteiger partial charge in [0.05, 0.1) is 17.3 Å². The lowest BCUT2D eigenvalue weighted by Gasteiger charge is -2.24. The zero-order valence-electron chi connectivity index (χ0n) is 11.2. The summed E-state index contributed by atoms with van der Waals surface area (Å²) in [6.07, 6.45) is 3.97. The zero-order chi connectivity index (χ0) is 13.4. The van der Waals surface area contributed by atoms with Crippen molar-refractivity contribution in [3.05, 3.63) is 41.0 Å². The molecule has 5 heteroatoms. The molecule has 1 amide bonds. The first-order chi connectivity index (χ1) is 9.18. The molecular formula is C14H18N4O. The van der Waals surface area contributed by atoms with E-state index in [4.69, 9.17) is 0 Å². The van der Waals surface area contributed by atoms with Crippen LogP contribution in [0.2, 0.25) is 0 Å². The number of aromatic nitrogens is 3. The molecule has 100 valence electrons. The van der Waals surface area contributed by atoms with E-state index in [1.807, 2.05) is 37.1 Å². The number of hydrogen-bond donors (Lipinski definition) is 2. The number of aromatic amines is 2. The molecule has 1 aliphatic rings. The Hall–Kier alpha value is -2.04. The average molecular weight is 258 g/mol. The summed E-state index contributed by atoms with van der Waals surface area (Å²) >= 11 is 0. The number of carbonyl (C=O) groups excluding carboxylic acids is 1. The second-order valence-corrected chi connectivity index (χ2v) is 5.09. The van der Waals surface area contributed by atoms with Gasteiger partial charge in [0.1, 0.15) is 0 Å². The number of likely N-dealkylation sites (tertiary alicyclic amines) is 1. The predicted octanol–water partition coefficient (Wildman–Crippen LogP) is 2.33. The Morgan fingerprint density at radius 2 is 2.32 bits per heavy atom. The van der Waals surface area contributed by atoms with Crippen LogP contribution in [0.4, 0.5) is 0 Å². The highest BCUT2D eigenvalue weighted by Crippen LogP contribution is 2.32. The topological polar surface area (TPSA) is 64.8 Å².